The van der Waals surface area contributed by atoms with Crippen LogP contribution in [0.15, 0.2) is 40.9 Å². The van der Waals surface area contributed by atoms with E-state index in [4.69, 9.17) is 9.26 Å². The van der Waals surface area contributed by atoms with E-state index in [1.807, 2.05) is 44.2 Å². The number of thiazole rings is 1. The minimum absolute atomic E-state index is 0.0604. The maximum Gasteiger partial charge on any atom is 0.351 e. The third-order valence-corrected chi connectivity index (χ3v) is 3.94. The lowest BCUT2D eigenvalue weighted by Crippen LogP contribution is -2.04. The largest absolute Gasteiger partial charge is 0.453 e. The Morgan fingerprint density at radius 1 is 1.27 bits per heavy atom. The molecule has 0 saturated carbocycles. The Morgan fingerprint density at radius 3 is 2.73 bits per heavy atom. The van der Waals surface area contributed by atoms with E-state index in [0.29, 0.717) is 16.3 Å². The third-order valence-electron chi connectivity index (χ3n) is 2.99. The molecular formula is C16H14N2O3S. The maximum absolute atomic E-state index is 12.3. The first kappa shape index (κ1) is 14.5. The summed E-state index contributed by atoms with van der Waals surface area (Å²) in [6, 6.07) is 11.3. The molecule has 112 valence electrons. The van der Waals surface area contributed by atoms with Crippen LogP contribution >= 0.6 is 11.3 Å². The van der Waals surface area contributed by atoms with Gasteiger partial charge in [-0.1, -0.05) is 35.5 Å². The summed E-state index contributed by atoms with van der Waals surface area (Å²) in [4.78, 5) is 17.3. The number of hydrogen-bond acceptors (Lipinski definition) is 6. The van der Waals surface area contributed by atoms with Gasteiger partial charge in [0.2, 0.25) is 0 Å². The van der Waals surface area contributed by atoms with Crippen molar-refractivity contribution in [1.29, 1.82) is 0 Å². The van der Waals surface area contributed by atoms with Crippen molar-refractivity contribution in [2.45, 2.75) is 20.5 Å². The first-order chi connectivity index (χ1) is 10.6. The zero-order chi connectivity index (χ0) is 15.5. The summed E-state index contributed by atoms with van der Waals surface area (Å²) in [5.41, 5.74) is 2.31. The van der Waals surface area contributed by atoms with Crippen LogP contribution in [0.3, 0.4) is 0 Å². The Bertz CT molecular complexity index is 793. The molecule has 5 nitrogen and oxygen atoms in total. The second kappa shape index (κ2) is 6.11. The Morgan fingerprint density at radius 2 is 2.05 bits per heavy atom. The molecule has 0 atom stereocenters. The van der Waals surface area contributed by atoms with Crippen LogP contribution in [-0.2, 0) is 11.3 Å². The number of ether oxygens (including phenoxy) is 1. The van der Waals surface area contributed by atoms with Crippen LogP contribution in [0.5, 0.6) is 0 Å². The predicted octanol–water partition coefficient (Wildman–Crippen LogP) is 3.77. The van der Waals surface area contributed by atoms with Crippen LogP contribution in [-0.4, -0.2) is 16.1 Å². The molecule has 0 radical (unpaired) electrons. The summed E-state index contributed by atoms with van der Waals surface area (Å²) >= 11 is 1.33. The molecule has 0 unspecified atom stereocenters. The normalized spacial score (nSPS) is 10.6. The zero-order valence-corrected chi connectivity index (χ0v) is 13.0. The van der Waals surface area contributed by atoms with Gasteiger partial charge in [-0.15, -0.1) is 11.3 Å². The molecule has 0 bridgehead atoms. The van der Waals surface area contributed by atoms with Gasteiger partial charge in [0.05, 0.1) is 16.4 Å². The molecule has 22 heavy (non-hydrogen) atoms. The molecule has 2 heterocycles. The van der Waals surface area contributed by atoms with E-state index in [1.54, 1.807) is 6.07 Å². The van der Waals surface area contributed by atoms with Crippen molar-refractivity contribution in [3.8, 4) is 11.3 Å². The zero-order valence-electron chi connectivity index (χ0n) is 12.2. The predicted molar refractivity (Wildman–Crippen MR) is 82.6 cm³/mol. The van der Waals surface area contributed by atoms with Crippen molar-refractivity contribution >= 4 is 17.3 Å². The molecule has 3 aromatic rings. The smallest absolute Gasteiger partial charge is 0.351 e. The lowest BCUT2D eigenvalue weighted by Gasteiger charge is -2.03. The SMILES string of the molecule is Cc1cc(COC(=O)c2sc(C)nc2-c2ccccc2)on1. The molecule has 0 spiro atoms. The van der Waals surface area contributed by atoms with E-state index in [9.17, 15) is 4.79 Å². The number of rotatable bonds is 4. The van der Waals surface area contributed by atoms with Crippen molar-refractivity contribution in [2.24, 2.45) is 0 Å². The number of aromatic nitrogens is 2. The molecule has 0 fully saturated rings. The first-order valence-electron chi connectivity index (χ1n) is 6.75. The van der Waals surface area contributed by atoms with Crippen LogP contribution < -0.4 is 0 Å². The summed E-state index contributed by atoms with van der Waals surface area (Å²) in [7, 11) is 0. The molecule has 1 aromatic carbocycles. The van der Waals surface area contributed by atoms with Crippen molar-refractivity contribution in [1.82, 2.24) is 10.1 Å². The minimum atomic E-state index is -0.404. The number of hydrogen-bond donors (Lipinski definition) is 0. The van der Waals surface area contributed by atoms with Crippen LogP contribution in [0, 0.1) is 13.8 Å². The highest BCUT2D eigenvalue weighted by atomic mass is 32.1. The van der Waals surface area contributed by atoms with Gasteiger partial charge in [-0.05, 0) is 13.8 Å². The molecule has 3 rings (SSSR count). The summed E-state index contributed by atoms with van der Waals surface area (Å²) in [6.45, 7) is 3.74. The van der Waals surface area contributed by atoms with Crippen molar-refractivity contribution in [2.75, 3.05) is 0 Å². The van der Waals surface area contributed by atoms with E-state index >= 15 is 0 Å². The van der Waals surface area contributed by atoms with Crippen LogP contribution in [0.1, 0.15) is 26.1 Å². The average molecular weight is 314 g/mol. The standard InChI is InChI=1S/C16H14N2O3S/c1-10-8-13(21-18-10)9-20-16(19)15-14(17-11(2)22-15)12-6-4-3-5-7-12/h3-8H,9H2,1-2H3. The van der Waals surface area contributed by atoms with E-state index in [1.165, 1.54) is 11.3 Å². The fraction of sp³-hybridized carbons (Fsp3) is 0.188. The van der Waals surface area contributed by atoms with Crippen LogP contribution in [0.4, 0.5) is 0 Å². The van der Waals surface area contributed by atoms with Gasteiger partial charge in [-0.25, -0.2) is 9.78 Å². The number of benzene rings is 1. The number of carbonyl (C=O) groups excluding carboxylic acids is 1. The molecule has 0 amide bonds. The summed E-state index contributed by atoms with van der Waals surface area (Å²) < 4.78 is 10.3. The second-order valence-electron chi connectivity index (χ2n) is 4.79. The molecule has 6 heteroatoms. The van der Waals surface area contributed by atoms with Gasteiger partial charge in [0.15, 0.2) is 12.4 Å². The number of nitrogens with zero attached hydrogens (tertiary/aromatic N) is 2. The van der Waals surface area contributed by atoms with E-state index in [-0.39, 0.29) is 6.61 Å². The third kappa shape index (κ3) is 3.07. The Hall–Kier alpha value is -2.47. The fourth-order valence-corrected chi connectivity index (χ4v) is 2.88. The molecular weight excluding hydrogens is 300 g/mol. The molecule has 0 aliphatic heterocycles. The van der Waals surface area contributed by atoms with Crippen LogP contribution in [0.2, 0.25) is 0 Å². The Balaban J connectivity index is 1.81. The fourth-order valence-electron chi connectivity index (χ4n) is 2.04. The molecule has 2 aromatic heterocycles. The average Bonchev–Trinajstić information content (AvgIpc) is 3.11. The van der Waals surface area contributed by atoms with Gasteiger partial charge < -0.3 is 9.26 Å². The highest BCUT2D eigenvalue weighted by Crippen LogP contribution is 2.28. The van der Waals surface area contributed by atoms with Gasteiger partial charge in [-0.3, -0.25) is 0 Å². The summed E-state index contributed by atoms with van der Waals surface area (Å²) in [5.74, 6) is 0.117. The summed E-state index contributed by atoms with van der Waals surface area (Å²) in [6.07, 6.45) is 0. The van der Waals surface area contributed by atoms with E-state index in [2.05, 4.69) is 10.1 Å². The minimum Gasteiger partial charge on any atom is -0.453 e. The van der Waals surface area contributed by atoms with E-state index in [0.717, 1.165) is 16.3 Å². The maximum atomic E-state index is 12.3. The Kier molecular flexibility index (Phi) is 4.02. The highest BCUT2D eigenvalue weighted by molar-refractivity contribution is 7.14. The number of esters is 1. The monoisotopic (exact) mass is 314 g/mol. The van der Waals surface area contributed by atoms with Crippen molar-refractivity contribution in [3.05, 3.63) is 57.7 Å². The van der Waals surface area contributed by atoms with Gasteiger partial charge in [0.1, 0.15) is 4.88 Å². The van der Waals surface area contributed by atoms with Crippen molar-refractivity contribution in [3.63, 3.8) is 0 Å². The number of carbonyl (C=O) groups is 1. The molecule has 0 aliphatic rings. The van der Waals surface area contributed by atoms with Crippen molar-refractivity contribution < 1.29 is 14.1 Å². The second-order valence-corrected chi connectivity index (χ2v) is 5.99. The molecule has 0 saturated heterocycles. The lowest BCUT2D eigenvalue weighted by atomic mass is 10.1. The lowest BCUT2D eigenvalue weighted by molar-refractivity contribution is 0.0443. The highest BCUT2D eigenvalue weighted by Gasteiger charge is 2.20. The summed E-state index contributed by atoms with van der Waals surface area (Å²) in [5, 5.41) is 4.58. The van der Waals surface area contributed by atoms with Gasteiger partial charge in [0.25, 0.3) is 0 Å². The number of aryl methyl sites for hydroxylation is 2. The Labute approximate surface area is 131 Å². The molecule has 0 aliphatic carbocycles. The van der Waals surface area contributed by atoms with Gasteiger partial charge in [-0.2, -0.15) is 0 Å². The topological polar surface area (TPSA) is 65.2 Å². The van der Waals surface area contributed by atoms with Crippen LogP contribution in [0.25, 0.3) is 11.3 Å². The van der Waals surface area contributed by atoms with Gasteiger partial charge in [0, 0.05) is 11.6 Å². The molecule has 0 N–H and O–H groups in total. The quantitative estimate of drug-likeness (QED) is 0.686. The first-order valence-corrected chi connectivity index (χ1v) is 7.57. The van der Waals surface area contributed by atoms with E-state index < -0.39 is 5.97 Å². The van der Waals surface area contributed by atoms with Gasteiger partial charge >= 0.3 is 5.97 Å².